The van der Waals surface area contributed by atoms with E-state index in [9.17, 15) is 4.79 Å². The third-order valence-corrected chi connectivity index (χ3v) is 4.50. The lowest BCUT2D eigenvalue weighted by Gasteiger charge is -2.10. The number of nitrogens with zero attached hydrogens (tertiary/aromatic N) is 3. The Morgan fingerprint density at radius 1 is 1.12 bits per heavy atom. The molecule has 5 heteroatoms. The minimum Gasteiger partial charge on any atom is -0.406 e. The summed E-state index contributed by atoms with van der Waals surface area (Å²) in [7, 11) is 0. The molecule has 3 aromatic heterocycles. The predicted octanol–water partition coefficient (Wildman–Crippen LogP) is 3.90. The van der Waals surface area contributed by atoms with Gasteiger partial charge >= 0.3 is 5.76 Å². The predicted molar refractivity (Wildman–Crippen MR) is 97.8 cm³/mol. The minimum absolute atomic E-state index is 0.157. The van der Waals surface area contributed by atoms with Crippen LogP contribution in [0.4, 0.5) is 0 Å². The molecule has 0 aliphatic carbocycles. The summed E-state index contributed by atoms with van der Waals surface area (Å²) >= 11 is 0. The normalized spacial score (nSPS) is 11.6. The average Bonchev–Trinajstić information content (AvgIpc) is 3.03. The van der Waals surface area contributed by atoms with Gasteiger partial charge in [0.15, 0.2) is 5.58 Å². The van der Waals surface area contributed by atoms with Crippen molar-refractivity contribution in [3.63, 3.8) is 0 Å². The second kappa shape index (κ2) is 6.16. The number of hydrogen-bond donors (Lipinski definition) is 0. The molecule has 126 valence electrons. The second-order valence-corrected chi connectivity index (χ2v) is 6.51. The Bertz CT molecular complexity index is 1090. The summed E-state index contributed by atoms with van der Waals surface area (Å²) in [6.45, 7) is 4.87. The van der Waals surface area contributed by atoms with Gasteiger partial charge in [-0.05, 0) is 42.2 Å². The first-order valence-electron chi connectivity index (χ1n) is 8.45. The molecule has 3 heterocycles. The molecule has 0 amide bonds. The minimum atomic E-state index is -0.536. The molecule has 0 bridgehead atoms. The maximum Gasteiger partial charge on any atom is 0.439 e. The lowest BCUT2D eigenvalue weighted by molar-refractivity contribution is 0.523. The Morgan fingerprint density at radius 2 is 1.92 bits per heavy atom. The number of pyridine rings is 1. The standard InChI is InChI=1S/C20H19N3O2/c1-13(2)17-16-4-3-15-8-12-23(11-7-14-5-9-21-10-6-14)18(15)19(16)25-20(24)22-17/h3-6,8-10,12-13H,7,11H2,1-2H3. The molecule has 5 nitrogen and oxygen atoms in total. The Labute approximate surface area is 145 Å². The van der Waals surface area contributed by atoms with Gasteiger partial charge in [0.1, 0.15) is 0 Å². The van der Waals surface area contributed by atoms with Crippen LogP contribution < -0.4 is 5.76 Å². The summed E-state index contributed by atoms with van der Waals surface area (Å²) in [6, 6.07) is 10.1. The lowest BCUT2D eigenvalue weighted by Crippen LogP contribution is -2.10. The second-order valence-electron chi connectivity index (χ2n) is 6.51. The summed E-state index contributed by atoms with van der Waals surface area (Å²) in [5.41, 5.74) is 3.59. The van der Waals surface area contributed by atoms with Crippen molar-refractivity contribution in [1.29, 1.82) is 0 Å². The van der Waals surface area contributed by atoms with Crippen LogP contribution in [0, 0.1) is 0 Å². The highest BCUT2D eigenvalue weighted by Crippen LogP contribution is 2.29. The quantitative estimate of drug-likeness (QED) is 0.568. The van der Waals surface area contributed by atoms with Gasteiger partial charge in [-0.15, -0.1) is 0 Å². The van der Waals surface area contributed by atoms with Gasteiger partial charge in [0.25, 0.3) is 0 Å². The SMILES string of the molecule is CC(C)c1nc(=O)oc2c1ccc1ccn(CCc3ccncc3)c12. The van der Waals surface area contributed by atoms with Crippen LogP contribution in [0.2, 0.25) is 0 Å². The zero-order valence-corrected chi connectivity index (χ0v) is 14.3. The first kappa shape index (κ1) is 15.6. The van der Waals surface area contributed by atoms with Crippen LogP contribution in [0.15, 0.2) is 58.1 Å². The number of fused-ring (bicyclic) bond motifs is 3. The van der Waals surface area contributed by atoms with E-state index in [-0.39, 0.29) is 5.92 Å². The van der Waals surface area contributed by atoms with Crippen molar-refractivity contribution in [3.8, 4) is 0 Å². The molecule has 0 aliphatic heterocycles. The Kier molecular flexibility index (Phi) is 3.84. The van der Waals surface area contributed by atoms with Gasteiger partial charge < -0.3 is 8.98 Å². The number of aromatic nitrogens is 3. The van der Waals surface area contributed by atoms with Gasteiger partial charge in [-0.3, -0.25) is 4.98 Å². The summed E-state index contributed by atoms with van der Waals surface area (Å²) in [5.74, 6) is -0.380. The average molecular weight is 333 g/mol. The van der Waals surface area contributed by atoms with Crippen molar-refractivity contribution in [1.82, 2.24) is 14.5 Å². The van der Waals surface area contributed by atoms with Crippen molar-refractivity contribution in [2.24, 2.45) is 0 Å². The smallest absolute Gasteiger partial charge is 0.406 e. The molecule has 0 N–H and O–H groups in total. The van der Waals surface area contributed by atoms with E-state index in [4.69, 9.17) is 4.42 Å². The van der Waals surface area contributed by atoms with Gasteiger partial charge in [0, 0.05) is 35.9 Å². The third kappa shape index (κ3) is 2.82. The molecule has 0 saturated carbocycles. The van der Waals surface area contributed by atoms with Gasteiger partial charge in [0.2, 0.25) is 0 Å². The molecular weight excluding hydrogens is 314 g/mol. The van der Waals surface area contributed by atoms with Crippen LogP contribution in [-0.2, 0) is 13.0 Å². The van der Waals surface area contributed by atoms with E-state index in [0.717, 1.165) is 34.9 Å². The van der Waals surface area contributed by atoms with Gasteiger partial charge in [-0.2, -0.15) is 4.98 Å². The largest absolute Gasteiger partial charge is 0.439 e. The molecule has 4 rings (SSSR count). The molecule has 0 aliphatic rings. The Hall–Kier alpha value is -2.95. The maximum absolute atomic E-state index is 12.0. The fourth-order valence-corrected chi connectivity index (χ4v) is 3.26. The maximum atomic E-state index is 12.0. The summed E-state index contributed by atoms with van der Waals surface area (Å²) < 4.78 is 7.66. The number of aryl methyl sites for hydroxylation is 2. The number of hydrogen-bond acceptors (Lipinski definition) is 4. The summed E-state index contributed by atoms with van der Waals surface area (Å²) in [5, 5.41) is 1.97. The van der Waals surface area contributed by atoms with Gasteiger partial charge in [-0.1, -0.05) is 19.9 Å². The van der Waals surface area contributed by atoms with Gasteiger partial charge in [0.05, 0.1) is 11.2 Å². The third-order valence-electron chi connectivity index (χ3n) is 4.50. The molecular formula is C20H19N3O2. The highest BCUT2D eigenvalue weighted by Gasteiger charge is 2.15. The van der Waals surface area contributed by atoms with E-state index in [0.29, 0.717) is 5.58 Å². The molecule has 1 aromatic carbocycles. The van der Waals surface area contributed by atoms with Crippen molar-refractivity contribution in [2.75, 3.05) is 0 Å². The van der Waals surface area contributed by atoms with Crippen LogP contribution in [0.1, 0.15) is 31.0 Å². The molecule has 0 spiro atoms. The first-order chi connectivity index (χ1) is 12.1. The topological polar surface area (TPSA) is 60.9 Å². The van der Waals surface area contributed by atoms with Crippen LogP contribution in [0.5, 0.6) is 0 Å². The number of rotatable bonds is 4. The van der Waals surface area contributed by atoms with E-state index >= 15 is 0 Å². The monoisotopic (exact) mass is 333 g/mol. The molecule has 25 heavy (non-hydrogen) atoms. The molecule has 0 saturated heterocycles. The van der Waals surface area contributed by atoms with Crippen LogP contribution >= 0.6 is 0 Å². The fourth-order valence-electron chi connectivity index (χ4n) is 3.26. The van der Waals surface area contributed by atoms with E-state index in [1.54, 1.807) is 12.4 Å². The van der Waals surface area contributed by atoms with Crippen LogP contribution in [0.3, 0.4) is 0 Å². The van der Waals surface area contributed by atoms with Crippen molar-refractivity contribution in [3.05, 3.63) is 70.7 Å². The molecule has 0 radical (unpaired) electrons. The van der Waals surface area contributed by atoms with Crippen LogP contribution in [-0.4, -0.2) is 14.5 Å². The summed E-state index contributed by atoms with van der Waals surface area (Å²) in [6.07, 6.45) is 6.53. The Balaban J connectivity index is 1.86. The molecule has 0 atom stereocenters. The van der Waals surface area contributed by atoms with Crippen molar-refractivity contribution < 1.29 is 4.42 Å². The Morgan fingerprint density at radius 3 is 2.68 bits per heavy atom. The molecule has 0 unspecified atom stereocenters. The van der Waals surface area contributed by atoms with Crippen LogP contribution in [0.25, 0.3) is 21.9 Å². The van der Waals surface area contributed by atoms with E-state index < -0.39 is 5.76 Å². The van der Waals surface area contributed by atoms with E-state index in [1.807, 2.05) is 38.2 Å². The molecule has 4 aromatic rings. The van der Waals surface area contributed by atoms with Gasteiger partial charge in [-0.25, -0.2) is 4.79 Å². The zero-order chi connectivity index (χ0) is 17.4. The highest BCUT2D eigenvalue weighted by molar-refractivity contribution is 6.03. The fraction of sp³-hybridized carbons (Fsp3) is 0.250. The first-order valence-corrected chi connectivity index (χ1v) is 8.45. The van der Waals surface area contributed by atoms with E-state index in [1.165, 1.54) is 5.56 Å². The highest BCUT2D eigenvalue weighted by atomic mass is 16.4. The van der Waals surface area contributed by atoms with Crippen molar-refractivity contribution in [2.45, 2.75) is 32.7 Å². The van der Waals surface area contributed by atoms with E-state index in [2.05, 4.69) is 26.7 Å². The molecule has 0 fully saturated rings. The summed E-state index contributed by atoms with van der Waals surface area (Å²) in [4.78, 5) is 20.1. The lowest BCUT2D eigenvalue weighted by atomic mass is 10.0. The van der Waals surface area contributed by atoms with Crippen molar-refractivity contribution >= 4 is 21.9 Å². The zero-order valence-electron chi connectivity index (χ0n) is 14.3. The number of benzene rings is 1.